The molecule has 0 aliphatic heterocycles. The molecule has 0 aromatic heterocycles. The lowest BCUT2D eigenvalue weighted by Gasteiger charge is -2.03. The van der Waals surface area contributed by atoms with Crippen molar-refractivity contribution in [2.45, 2.75) is 19.8 Å². The van der Waals surface area contributed by atoms with E-state index in [1.165, 1.54) is 6.42 Å². The Bertz CT molecular complexity index is 109. The molecule has 1 aliphatic carbocycles. The number of allylic oxidation sites excluding steroid dienone is 2. The molecule has 0 bridgehead atoms. The molecular formula is C6H11NO. The minimum atomic E-state index is 0.542. The van der Waals surface area contributed by atoms with Crippen LogP contribution < -0.4 is 5.90 Å². The predicted molar refractivity (Wildman–Crippen MR) is 31.8 cm³/mol. The first-order chi connectivity index (χ1) is 3.84. The first-order valence-electron chi connectivity index (χ1n) is 2.91. The van der Waals surface area contributed by atoms with Crippen molar-refractivity contribution in [2.75, 3.05) is 0 Å². The molecule has 8 heavy (non-hydrogen) atoms. The van der Waals surface area contributed by atoms with Gasteiger partial charge < -0.3 is 4.84 Å². The lowest BCUT2D eigenvalue weighted by Crippen LogP contribution is -2.02. The van der Waals surface area contributed by atoms with Crippen molar-refractivity contribution < 1.29 is 4.84 Å². The number of rotatable bonds is 1. The molecule has 0 saturated heterocycles. The van der Waals surface area contributed by atoms with Crippen molar-refractivity contribution in [1.29, 1.82) is 0 Å². The second-order valence-electron chi connectivity index (χ2n) is 2.20. The van der Waals surface area contributed by atoms with E-state index in [9.17, 15) is 0 Å². The Morgan fingerprint density at radius 3 is 2.88 bits per heavy atom. The smallest absolute Gasteiger partial charge is 0.122 e. The van der Waals surface area contributed by atoms with E-state index in [4.69, 9.17) is 5.90 Å². The van der Waals surface area contributed by atoms with Gasteiger partial charge in [0.05, 0.1) is 0 Å². The van der Waals surface area contributed by atoms with Gasteiger partial charge in [0.2, 0.25) is 0 Å². The fraction of sp³-hybridized carbons (Fsp3) is 0.667. The highest BCUT2D eigenvalue weighted by Crippen LogP contribution is 2.23. The molecule has 0 radical (unpaired) electrons. The van der Waals surface area contributed by atoms with Crippen LogP contribution in [0.2, 0.25) is 0 Å². The summed E-state index contributed by atoms with van der Waals surface area (Å²) in [4.78, 5) is 4.58. The van der Waals surface area contributed by atoms with Crippen LogP contribution in [-0.4, -0.2) is 0 Å². The predicted octanol–water partition coefficient (Wildman–Crippen LogP) is 1.19. The van der Waals surface area contributed by atoms with E-state index in [1.54, 1.807) is 0 Å². The zero-order valence-electron chi connectivity index (χ0n) is 5.05. The van der Waals surface area contributed by atoms with E-state index < -0.39 is 0 Å². The van der Waals surface area contributed by atoms with Crippen LogP contribution in [0.1, 0.15) is 19.8 Å². The van der Waals surface area contributed by atoms with Crippen LogP contribution in [0.25, 0.3) is 0 Å². The third kappa shape index (κ3) is 0.842. The SMILES string of the molecule is CC1CCC=C1ON. The summed E-state index contributed by atoms with van der Waals surface area (Å²) in [7, 11) is 0. The Kier molecular flexibility index (Phi) is 1.53. The van der Waals surface area contributed by atoms with Crippen molar-refractivity contribution in [1.82, 2.24) is 0 Å². The molecular weight excluding hydrogens is 102 g/mol. The summed E-state index contributed by atoms with van der Waals surface area (Å²) in [5.41, 5.74) is 0. The highest BCUT2D eigenvalue weighted by atomic mass is 16.6. The Hall–Kier alpha value is -0.500. The van der Waals surface area contributed by atoms with Crippen molar-refractivity contribution in [3.05, 3.63) is 11.8 Å². The normalized spacial score (nSPS) is 27.8. The van der Waals surface area contributed by atoms with Crippen LogP contribution in [0, 0.1) is 5.92 Å². The van der Waals surface area contributed by atoms with Crippen LogP contribution in [0.15, 0.2) is 11.8 Å². The summed E-state index contributed by atoms with van der Waals surface area (Å²) >= 11 is 0. The molecule has 1 rings (SSSR count). The average molecular weight is 113 g/mol. The molecule has 0 fully saturated rings. The minimum Gasteiger partial charge on any atom is -0.416 e. The molecule has 2 nitrogen and oxygen atoms in total. The topological polar surface area (TPSA) is 35.2 Å². The van der Waals surface area contributed by atoms with E-state index in [0.29, 0.717) is 5.92 Å². The molecule has 1 atom stereocenters. The molecule has 1 unspecified atom stereocenters. The summed E-state index contributed by atoms with van der Waals surface area (Å²) in [6, 6.07) is 0. The van der Waals surface area contributed by atoms with Gasteiger partial charge in [-0.3, -0.25) is 0 Å². The lowest BCUT2D eigenvalue weighted by molar-refractivity contribution is 0.192. The van der Waals surface area contributed by atoms with E-state index >= 15 is 0 Å². The van der Waals surface area contributed by atoms with Crippen LogP contribution >= 0.6 is 0 Å². The molecule has 2 heteroatoms. The number of hydrogen-bond donors (Lipinski definition) is 1. The fourth-order valence-corrected chi connectivity index (χ4v) is 0.983. The summed E-state index contributed by atoms with van der Waals surface area (Å²) < 4.78 is 0. The first-order valence-corrected chi connectivity index (χ1v) is 2.91. The fourth-order valence-electron chi connectivity index (χ4n) is 0.983. The molecule has 0 aromatic rings. The molecule has 46 valence electrons. The molecule has 2 N–H and O–H groups in total. The number of nitrogens with two attached hydrogens (primary N) is 1. The largest absolute Gasteiger partial charge is 0.416 e. The van der Waals surface area contributed by atoms with Crippen molar-refractivity contribution in [3.8, 4) is 0 Å². The summed E-state index contributed by atoms with van der Waals surface area (Å²) in [6.07, 6.45) is 4.35. The Labute approximate surface area is 49.3 Å². The van der Waals surface area contributed by atoms with E-state index in [0.717, 1.165) is 12.2 Å². The monoisotopic (exact) mass is 113 g/mol. The summed E-state index contributed by atoms with van der Waals surface area (Å²) in [5, 5.41) is 0. The van der Waals surface area contributed by atoms with E-state index in [1.807, 2.05) is 6.08 Å². The summed E-state index contributed by atoms with van der Waals surface area (Å²) in [6.45, 7) is 2.12. The van der Waals surface area contributed by atoms with Gasteiger partial charge in [-0.1, -0.05) is 6.92 Å². The van der Waals surface area contributed by atoms with Crippen molar-refractivity contribution in [3.63, 3.8) is 0 Å². The third-order valence-electron chi connectivity index (χ3n) is 1.57. The average Bonchev–Trinajstić information content (AvgIpc) is 2.14. The zero-order valence-corrected chi connectivity index (χ0v) is 5.05. The Morgan fingerprint density at radius 2 is 2.62 bits per heavy atom. The van der Waals surface area contributed by atoms with Gasteiger partial charge in [0.25, 0.3) is 0 Å². The van der Waals surface area contributed by atoms with Gasteiger partial charge in [-0.05, 0) is 18.9 Å². The van der Waals surface area contributed by atoms with Crippen LogP contribution in [-0.2, 0) is 4.84 Å². The Balaban J connectivity index is 2.49. The number of hydrogen-bond acceptors (Lipinski definition) is 2. The van der Waals surface area contributed by atoms with E-state index in [2.05, 4.69) is 11.8 Å². The van der Waals surface area contributed by atoms with Gasteiger partial charge in [-0.2, -0.15) is 5.90 Å². The van der Waals surface area contributed by atoms with Crippen LogP contribution in [0.4, 0.5) is 0 Å². The second kappa shape index (κ2) is 2.18. The van der Waals surface area contributed by atoms with Gasteiger partial charge in [0, 0.05) is 5.92 Å². The maximum Gasteiger partial charge on any atom is 0.122 e. The standard InChI is InChI=1S/C6H11NO/c1-5-3-2-4-6(5)8-7/h4-5H,2-3,7H2,1H3. The van der Waals surface area contributed by atoms with E-state index in [-0.39, 0.29) is 0 Å². The molecule has 0 aromatic carbocycles. The van der Waals surface area contributed by atoms with Gasteiger partial charge in [0.15, 0.2) is 0 Å². The summed E-state index contributed by atoms with van der Waals surface area (Å²) in [5.74, 6) is 6.45. The lowest BCUT2D eigenvalue weighted by atomic mass is 10.1. The van der Waals surface area contributed by atoms with Gasteiger partial charge in [-0.15, -0.1) is 0 Å². The molecule has 0 amide bonds. The first kappa shape index (κ1) is 5.63. The molecule has 0 saturated carbocycles. The minimum absolute atomic E-state index is 0.542. The quantitative estimate of drug-likeness (QED) is 0.518. The van der Waals surface area contributed by atoms with Gasteiger partial charge >= 0.3 is 0 Å². The van der Waals surface area contributed by atoms with Crippen LogP contribution in [0.5, 0.6) is 0 Å². The zero-order chi connectivity index (χ0) is 5.98. The molecule has 1 aliphatic rings. The third-order valence-corrected chi connectivity index (χ3v) is 1.57. The van der Waals surface area contributed by atoms with Crippen LogP contribution in [0.3, 0.4) is 0 Å². The molecule has 0 spiro atoms. The maximum absolute atomic E-state index is 4.96. The van der Waals surface area contributed by atoms with Crippen molar-refractivity contribution >= 4 is 0 Å². The van der Waals surface area contributed by atoms with Gasteiger partial charge in [0.1, 0.15) is 5.76 Å². The second-order valence-corrected chi connectivity index (χ2v) is 2.20. The highest BCUT2D eigenvalue weighted by Gasteiger charge is 2.14. The Morgan fingerprint density at radius 1 is 1.88 bits per heavy atom. The van der Waals surface area contributed by atoms with Crippen molar-refractivity contribution in [2.24, 2.45) is 11.8 Å². The van der Waals surface area contributed by atoms with Gasteiger partial charge in [-0.25, -0.2) is 0 Å². The molecule has 0 heterocycles. The highest BCUT2D eigenvalue weighted by molar-refractivity contribution is 5.03. The maximum atomic E-state index is 4.96.